The van der Waals surface area contributed by atoms with Crippen molar-refractivity contribution in [1.82, 2.24) is 4.98 Å². The predicted octanol–water partition coefficient (Wildman–Crippen LogP) is 5.19. The molecule has 2 N–H and O–H groups in total. The smallest absolute Gasteiger partial charge is 0.267 e. The quantitative estimate of drug-likeness (QED) is 0.423. The van der Waals surface area contributed by atoms with E-state index >= 15 is 0 Å². The Bertz CT molecular complexity index is 1130. The monoisotopic (exact) mass is 440 g/mol. The molecule has 0 radical (unpaired) electrons. The number of thioether (sulfide) groups is 1. The van der Waals surface area contributed by atoms with Crippen LogP contribution in [0.5, 0.6) is 5.75 Å². The lowest BCUT2D eigenvalue weighted by Crippen LogP contribution is -2.14. The number of pyridine rings is 1. The van der Waals surface area contributed by atoms with Gasteiger partial charge >= 0.3 is 0 Å². The number of aromatic nitrogens is 1. The average Bonchev–Trinajstić information content (AvgIpc) is 2.70. The van der Waals surface area contributed by atoms with E-state index in [0.717, 1.165) is 30.0 Å². The maximum atomic E-state index is 14.7. The minimum atomic E-state index is -1.19. The molecule has 1 unspecified atom stereocenters. The molecule has 3 rings (SSSR count). The lowest BCUT2D eigenvalue weighted by atomic mass is 9.99. The van der Waals surface area contributed by atoms with Gasteiger partial charge in [0.05, 0.1) is 10.8 Å². The Morgan fingerprint density at radius 1 is 1.03 bits per heavy atom. The summed E-state index contributed by atoms with van der Waals surface area (Å²) in [7, 11) is 0. The molecule has 1 heterocycles. The summed E-state index contributed by atoms with van der Waals surface area (Å²) in [6.07, 6.45) is 1.19. The highest BCUT2D eigenvalue weighted by Gasteiger charge is 2.29. The Morgan fingerprint density at radius 3 is 2.30 bits per heavy atom. The summed E-state index contributed by atoms with van der Waals surface area (Å²) in [5.74, 6) is -6.21. The topological polar surface area (TPSA) is 65.2 Å². The minimum Gasteiger partial charge on any atom is -0.364 e. The standard InChI is InChI=1S/C20H13F5N2O2S/c1-9-6-16(20(26)28)27-8-11(9)19(30-10-2-3-12(21)15(24)7-10)17-13(22)4-5-14(23)18(17)29-25/h2-8,19H,1H3,(H2,26,28). The number of nitrogens with zero attached hydrogens (tertiary/aromatic N) is 1. The third kappa shape index (κ3) is 4.23. The van der Waals surface area contributed by atoms with Crippen LogP contribution in [0.15, 0.2) is 47.5 Å². The third-order valence-corrected chi connectivity index (χ3v) is 5.52. The van der Waals surface area contributed by atoms with Crippen molar-refractivity contribution in [3.8, 4) is 5.75 Å². The number of hydrogen-bond acceptors (Lipinski definition) is 4. The maximum Gasteiger partial charge on any atom is 0.267 e. The molecule has 0 spiro atoms. The highest BCUT2D eigenvalue weighted by molar-refractivity contribution is 7.99. The summed E-state index contributed by atoms with van der Waals surface area (Å²) in [4.78, 5) is 19.0. The molecule has 0 aliphatic carbocycles. The van der Waals surface area contributed by atoms with Gasteiger partial charge < -0.3 is 5.73 Å². The fourth-order valence-corrected chi connectivity index (χ4v) is 4.11. The van der Waals surface area contributed by atoms with Crippen LogP contribution in [0.25, 0.3) is 0 Å². The third-order valence-electron chi connectivity index (χ3n) is 4.27. The fraction of sp³-hybridized carbons (Fsp3) is 0.100. The Kier molecular flexibility index (Phi) is 6.25. The molecular weight excluding hydrogens is 427 g/mol. The van der Waals surface area contributed by atoms with Crippen molar-refractivity contribution in [2.24, 2.45) is 5.73 Å². The maximum absolute atomic E-state index is 14.7. The molecule has 0 fully saturated rings. The van der Waals surface area contributed by atoms with Crippen molar-refractivity contribution >= 4 is 17.7 Å². The van der Waals surface area contributed by atoms with Crippen LogP contribution in [-0.4, -0.2) is 10.9 Å². The molecule has 30 heavy (non-hydrogen) atoms. The van der Waals surface area contributed by atoms with Gasteiger partial charge in [0.2, 0.25) is 5.75 Å². The zero-order valence-corrected chi connectivity index (χ0v) is 16.1. The molecule has 1 amide bonds. The van der Waals surface area contributed by atoms with Gasteiger partial charge in [-0.05, 0) is 54.4 Å². The van der Waals surface area contributed by atoms with E-state index in [1.807, 2.05) is 0 Å². The van der Waals surface area contributed by atoms with Gasteiger partial charge in [-0.2, -0.15) is 0 Å². The first kappa shape index (κ1) is 21.6. The number of carbonyl (C=O) groups is 1. The Balaban J connectivity index is 2.21. The lowest BCUT2D eigenvalue weighted by molar-refractivity contribution is -0.0122. The second-order valence-corrected chi connectivity index (χ2v) is 7.39. The molecule has 2 aromatic carbocycles. The highest BCUT2D eigenvalue weighted by atomic mass is 32.2. The predicted molar refractivity (Wildman–Crippen MR) is 99.6 cm³/mol. The molecular formula is C20H13F5N2O2S. The van der Waals surface area contributed by atoms with Crippen LogP contribution in [0.3, 0.4) is 0 Å². The van der Waals surface area contributed by atoms with Crippen LogP contribution in [0.2, 0.25) is 0 Å². The van der Waals surface area contributed by atoms with E-state index in [4.69, 9.17) is 5.73 Å². The SMILES string of the molecule is Cc1cc(C(N)=O)ncc1C(Sc1ccc(F)c(F)c1)c1c(F)ccc(F)c1OF. The van der Waals surface area contributed by atoms with Crippen molar-refractivity contribution < 1.29 is 31.8 Å². The molecule has 0 aliphatic rings. The van der Waals surface area contributed by atoms with E-state index in [0.29, 0.717) is 11.6 Å². The van der Waals surface area contributed by atoms with Crippen LogP contribution in [-0.2, 0) is 0 Å². The molecule has 0 bridgehead atoms. The van der Waals surface area contributed by atoms with Crippen molar-refractivity contribution in [1.29, 1.82) is 0 Å². The summed E-state index contributed by atoms with van der Waals surface area (Å²) >= 11 is 0.782. The molecule has 10 heteroatoms. The number of primary amides is 1. The average molecular weight is 440 g/mol. The lowest BCUT2D eigenvalue weighted by Gasteiger charge is -2.21. The molecule has 0 saturated heterocycles. The van der Waals surface area contributed by atoms with E-state index in [-0.39, 0.29) is 16.2 Å². The zero-order chi connectivity index (χ0) is 22.0. The van der Waals surface area contributed by atoms with Crippen molar-refractivity contribution in [2.75, 3.05) is 0 Å². The molecule has 0 saturated carbocycles. The fourth-order valence-electron chi connectivity index (χ4n) is 2.81. The van der Waals surface area contributed by atoms with E-state index < -0.39 is 45.7 Å². The number of carbonyl (C=O) groups excluding carboxylic acids is 1. The first-order valence-corrected chi connectivity index (χ1v) is 9.25. The van der Waals surface area contributed by atoms with Crippen LogP contribution in [0, 0.1) is 30.2 Å². The number of hydrogen-bond donors (Lipinski definition) is 1. The molecule has 4 nitrogen and oxygen atoms in total. The van der Waals surface area contributed by atoms with E-state index in [9.17, 15) is 26.9 Å². The molecule has 0 aliphatic heterocycles. The highest BCUT2D eigenvalue weighted by Crippen LogP contribution is 2.47. The number of rotatable bonds is 6. The second kappa shape index (κ2) is 8.70. The van der Waals surface area contributed by atoms with Crippen LogP contribution in [0.1, 0.15) is 32.4 Å². The summed E-state index contributed by atoms with van der Waals surface area (Å²) in [5, 5.41) is -1.19. The summed E-state index contributed by atoms with van der Waals surface area (Å²) in [6, 6.07) is 5.75. The Morgan fingerprint density at radius 2 is 1.70 bits per heavy atom. The molecule has 3 aromatic rings. The van der Waals surface area contributed by atoms with E-state index in [1.165, 1.54) is 18.3 Å². The number of halogens is 5. The molecule has 1 atom stereocenters. The van der Waals surface area contributed by atoms with Gasteiger partial charge in [0.25, 0.3) is 5.91 Å². The normalized spacial score (nSPS) is 11.9. The zero-order valence-electron chi connectivity index (χ0n) is 15.3. The van der Waals surface area contributed by atoms with Gasteiger partial charge in [-0.15, -0.1) is 11.8 Å². The number of aryl methyl sites for hydroxylation is 1. The Hall–Kier alpha value is -3.14. The van der Waals surface area contributed by atoms with Crippen molar-refractivity contribution in [2.45, 2.75) is 17.1 Å². The first-order chi connectivity index (χ1) is 14.2. The van der Waals surface area contributed by atoms with Gasteiger partial charge in [0.1, 0.15) is 11.5 Å². The van der Waals surface area contributed by atoms with Crippen LogP contribution < -0.4 is 10.7 Å². The summed E-state index contributed by atoms with van der Waals surface area (Å²) in [6.45, 7) is 1.55. The van der Waals surface area contributed by atoms with Gasteiger partial charge in [-0.3, -0.25) is 14.7 Å². The van der Waals surface area contributed by atoms with Crippen LogP contribution in [0.4, 0.5) is 22.1 Å². The van der Waals surface area contributed by atoms with E-state index in [2.05, 4.69) is 9.93 Å². The summed E-state index contributed by atoms with van der Waals surface area (Å²) < 4.78 is 68.9. The van der Waals surface area contributed by atoms with Crippen LogP contribution >= 0.6 is 11.8 Å². The minimum absolute atomic E-state index is 0.0745. The Labute approximate surface area is 171 Å². The number of nitrogens with two attached hydrogens (primary N) is 1. The van der Waals surface area contributed by atoms with Gasteiger partial charge in [-0.25, -0.2) is 17.6 Å². The molecule has 156 valence electrons. The van der Waals surface area contributed by atoms with Gasteiger partial charge in [0, 0.05) is 15.6 Å². The molecule has 1 aromatic heterocycles. The second-order valence-electron chi connectivity index (χ2n) is 6.21. The summed E-state index contributed by atoms with van der Waals surface area (Å²) in [5.41, 5.74) is 5.26. The van der Waals surface area contributed by atoms with Crippen molar-refractivity contribution in [3.63, 3.8) is 0 Å². The van der Waals surface area contributed by atoms with E-state index in [1.54, 1.807) is 6.92 Å². The van der Waals surface area contributed by atoms with Crippen molar-refractivity contribution in [3.05, 3.63) is 88.2 Å². The van der Waals surface area contributed by atoms with Gasteiger partial charge in [0.15, 0.2) is 17.5 Å². The van der Waals surface area contributed by atoms with Gasteiger partial charge in [-0.1, -0.05) is 0 Å². The number of benzene rings is 2. The largest absolute Gasteiger partial charge is 0.364 e. The first-order valence-electron chi connectivity index (χ1n) is 8.37. The number of amides is 1.